The van der Waals surface area contributed by atoms with E-state index in [4.69, 9.17) is 0 Å². The minimum atomic E-state index is 0.200. The van der Waals surface area contributed by atoms with Gasteiger partial charge in [-0.1, -0.05) is 19.1 Å². The van der Waals surface area contributed by atoms with E-state index in [9.17, 15) is 4.79 Å². The Morgan fingerprint density at radius 3 is 2.62 bits per heavy atom. The molecule has 0 atom stereocenters. The Hall–Kier alpha value is -1.59. The number of carbonyl (C=O) groups is 1. The van der Waals surface area contributed by atoms with Gasteiger partial charge in [-0.3, -0.25) is 9.69 Å². The van der Waals surface area contributed by atoms with Gasteiger partial charge in [0, 0.05) is 51.4 Å². The van der Waals surface area contributed by atoms with Crippen molar-refractivity contribution in [3.8, 4) is 0 Å². The highest BCUT2D eigenvalue weighted by atomic mass is 16.1. The number of nitrogens with zero attached hydrogens (tertiary/aromatic N) is 2. The Kier molecular flexibility index (Phi) is 6.54. The van der Waals surface area contributed by atoms with E-state index in [-0.39, 0.29) is 11.3 Å². The van der Waals surface area contributed by atoms with Gasteiger partial charge in [-0.25, -0.2) is 0 Å². The predicted octanol–water partition coefficient (Wildman–Crippen LogP) is 2.01. The summed E-state index contributed by atoms with van der Waals surface area (Å²) in [5, 5.41) is 6.56. The van der Waals surface area contributed by atoms with E-state index < -0.39 is 0 Å². The third-order valence-electron chi connectivity index (χ3n) is 5.92. The van der Waals surface area contributed by atoms with Gasteiger partial charge in [-0.2, -0.15) is 0 Å². The summed E-state index contributed by atoms with van der Waals surface area (Å²) in [6, 6.07) is 8.72. The Morgan fingerprint density at radius 2 is 1.92 bits per heavy atom. The molecule has 0 spiro atoms. The second-order valence-electron chi connectivity index (χ2n) is 8.26. The van der Waals surface area contributed by atoms with Gasteiger partial charge < -0.3 is 15.5 Å². The van der Waals surface area contributed by atoms with Crippen LogP contribution in [0.2, 0.25) is 0 Å². The minimum Gasteiger partial charge on any atom is -0.369 e. The number of aryl methyl sites for hydroxylation is 1. The van der Waals surface area contributed by atoms with Gasteiger partial charge in [0.15, 0.2) is 0 Å². The molecular formula is C21H34N4O. The van der Waals surface area contributed by atoms with Gasteiger partial charge in [0.25, 0.3) is 0 Å². The van der Waals surface area contributed by atoms with Crippen molar-refractivity contribution in [2.75, 3.05) is 57.3 Å². The molecule has 0 aliphatic carbocycles. The zero-order valence-electron chi connectivity index (χ0n) is 16.4. The normalized spacial score (nSPS) is 20.8. The largest absolute Gasteiger partial charge is 0.369 e. The molecule has 5 nitrogen and oxygen atoms in total. The van der Waals surface area contributed by atoms with Gasteiger partial charge in [0.2, 0.25) is 5.91 Å². The second-order valence-corrected chi connectivity index (χ2v) is 8.26. The summed E-state index contributed by atoms with van der Waals surface area (Å²) < 4.78 is 0. The smallest absolute Gasteiger partial charge is 0.221 e. The van der Waals surface area contributed by atoms with Gasteiger partial charge >= 0.3 is 0 Å². The number of rotatable bonds is 6. The van der Waals surface area contributed by atoms with Crippen LogP contribution >= 0.6 is 0 Å². The Bertz CT molecular complexity index is 589. The topological polar surface area (TPSA) is 47.6 Å². The number of piperidine rings is 1. The van der Waals surface area contributed by atoms with Crippen molar-refractivity contribution in [3.63, 3.8) is 0 Å². The molecule has 144 valence electrons. The lowest BCUT2D eigenvalue weighted by molar-refractivity contribution is -0.122. The number of amides is 1. The highest BCUT2D eigenvalue weighted by molar-refractivity contribution is 5.76. The first-order chi connectivity index (χ1) is 12.5. The van der Waals surface area contributed by atoms with E-state index in [0.29, 0.717) is 6.42 Å². The standard InChI is InChI=1S/C21H34N4O/c1-18-4-3-5-19(16-18)25-14-12-24(13-15-25)11-6-20(26)23-17-21(2)7-9-22-10-8-21/h3-5,16,22H,6-15,17H2,1-2H3,(H,23,26). The van der Waals surface area contributed by atoms with Crippen LogP contribution in [0.5, 0.6) is 0 Å². The fourth-order valence-corrected chi connectivity index (χ4v) is 3.92. The number of hydrogen-bond donors (Lipinski definition) is 2. The number of piperazine rings is 1. The minimum absolute atomic E-state index is 0.200. The van der Waals surface area contributed by atoms with E-state index in [1.165, 1.54) is 11.3 Å². The first kappa shape index (κ1) is 19.2. The van der Waals surface area contributed by atoms with E-state index in [2.05, 4.69) is 58.5 Å². The molecule has 0 saturated carbocycles. The van der Waals surface area contributed by atoms with Crippen LogP contribution in [0.15, 0.2) is 24.3 Å². The van der Waals surface area contributed by atoms with Crippen molar-refractivity contribution in [2.45, 2.75) is 33.1 Å². The Labute approximate surface area is 158 Å². The van der Waals surface area contributed by atoms with Crippen molar-refractivity contribution in [1.29, 1.82) is 0 Å². The SMILES string of the molecule is Cc1cccc(N2CCN(CCC(=O)NCC3(C)CCNCC3)CC2)c1. The highest BCUT2D eigenvalue weighted by Crippen LogP contribution is 2.26. The van der Waals surface area contributed by atoms with Crippen molar-refractivity contribution in [1.82, 2.24) is 15.5 Å². The van der Waals surface area contributed by atoms with Gasteiger partial charge in [0.1, 0.15) is 0 Å². The van der Waals surface area contributed by atoms with Crippen molar-refractivity contribution in [2.24, 2.45) is 5.41 Å². The van der Waals surface area contributed by atoms with Crippen LogP contribution < -0.4 is 15.5 Å². The van der Waals surface area contributed by atoms with Crippen LogP contribution in [-0.4, -0.2) is 63.2 Å². The molecule has 3 rings (SSSR count). The number of benzene rings is 1. The molecule has 0 radical (unpaired) electrons. The third kappa shape index (κ3) is 5.45. The van der Waals surface area contributed by atoms with Crippen LogP contribution in [-0.2, 0) is 4.79 Å². The van der Waals surface area contributed by atoms with Crippen LogP contribution in [0.25, 0.3) is 0 Å². The summed E-state index contributed by atoms with van der Waals surface area (Å²) in [6.07, 6.45) is 2.90. The maximum absolute atomic E-state index is 12.2. The van der Waals surface area contributed by atoms with E-state index >= 15 is 0 Å². The lowest BCUT2D eigenvalue weighted by atomic mass is 9.81. The van der Waals surface area contributed by atoms with Crippen LogP contribution in [0, 0.1) is 12.3 Å². The van der Waals surface area contributed by atoms with Crippen LogP contribution in [0.3, 0.4) is 0 Å². The molecule has 5 heteroatoms. The third-order valence-corrected chi connectivity index (χ3v) is 5.92. The lowest BCUT2D eigenvalue weighted by Crippen LogP contribution is -2.47. The maximum Gasteiger partial charge on any atom is 0.221 e. The molecular weight excluding hydrogens is 324 g/mol. The molecule has 1 amide bonds. The first-order valence-electron chi connectivity index (χ1n) is 10.1. The molecule has 2 fully saturated rings. The molecule has 26 heavy (non-hydrogen) atoms. The zero-order chi connectivity index (χ0) is 18.4. The molecule has 0 bridgehead atoms. The van der Waals surface area contributed by atoms with Crippen molar-refractivity contribution >= 4 is 11.6 Å². The van der Waals surface area contributed by atoms with Crippen molar-refractivity contribution < 1.29 is 4.79 Å². The molecule has 1 aromatic carbocycles. The molecule has 2 aliphatic heterocycles. The molecule has 2 aliphatic rings. The lowest BCUT2D eigenvalue weighted by Gasteiger charge is -2.36. The summed E-state index contributed by atoms with van der Waals surface area (Å²) in [7, 11) is 0. The van der Waals surface area contributed by atoms with Gasteiger partial charge in [0.05, 0.1) is 0 Å². The Morgan fingerprint density at radius 1 is 1.19 bits per heavy atom. The number of nitrogens with one attached hydrogen (secondary N) is 2. The van der Waals surface area contributed by atoms with E-state index in [0.717, 1.165) is 65.2 Å². The summed E-state index contributed by atoms with van der Waals surface area (Å²) in [6.45, 7) is 12.4. The zero-order valence-corrected chi connectivity index (χ0v) is 16.4. The van der Waals surface area contributed by atoms with Crippen LogP contribution in [0.1, 0.15) is 31.7 Å². The monoisotopic (exact) mass is 358 g/mol. The number of hydrogen-bond acceptors (Lipinski definition) is 4. The summed E-state index contributed by atoms with van der Waals surface area (Å²) in [4.78, 5) is 17.1. The van der Waals surface area contributed by atoms with E-state index in [1.807, 2.05) is 0 Å². The molecule has 1 aromatic rings. The average molecular weight is 359 g/mol. The second kappa shape index (κ2) is 8.87. The van der Waals surface area contributed by atoms with Gasteiger partial charge in [-0.15, -0.1) is 0 Å². The number of anilines is 1. The molecule has 2 heterocycles. The molecule has 0 aromatic heterocycles. The highest BCUT2D eigenvalue weighted by Gasteiger charge is 2.27. The summed E-state index contributed by atoms with van der Waals surface area (Å²) in [5.41, 5.74) is 2.89. The predicted molar refractivity (Wildman–Crippen MR) is 108 cm³/mol. The summed E-state index contributed by atoms with van der Waals surface area (Å²) in [5.74, 6) is 0.200. The molecule has 2 saturated heterocycles. The maximum atomic E-state index is 12.2. The van der Waals surface area contributed by atoms with Crippen LogP contribution in [0.4, 0.5) is 5.69 Å². The summed E-state index contributed by atoms with van der Waals surface area (Å²) >= 11 is 0. The molecule has 0 unspecified atom stereocenters. The van der Waals surface area contributed by atoms with E-state index in [1.54, 1.807) is 0 Å². The fourth-order valence-electron chi connectivity index (χ4n) is 3.92. The molecule has 2 N–H and O–H groups in total. The fraction of sp³-hybridized carbons (Fsp3) is 0.667. The first-order valence-corrected chi connectivity index (χ1v) is 10.1. The number of carbonyl (C=O) groups excluding carboxylic acids is 1. The quantitative estimate of drug-likeness (QED) is 0.817. The van der Waals surface area contributed by atoms with Crippen molar-refractivity contribution in [3.05, 3.63) is 29.8 Å². The average Bonchev–Trinajstić information content (AvgIpc) is 2.66. The van der Waals surface area contributed by atoms with Gasteiger partial charge in [-0.05, 0) is 56.0 Å². The Balaban J connectivity index is 1.35.